The molecule has 1 atom stereocenters. The van der Waals surface area contributed by atoms with Gasteiger partial charge < -0.3 is 16.2 Å². The maximum absolute atomic E-state index is 11.8. The van der Waals surface area contributed by atoms with Crippen LogP contribution in [0.3, 0.4) is 0 Å². The van der Waals surface area contributed by atoms with E-state index in [9.17, 15) is 4.79 Å². The third kappa shape index (κ3) is 3.80. The molecule has 1 rings (SSSR count). The molecule has 0 aliphatic heterocycles. The fourth-order valence-corrected chi connectivity index (χ4v) is 1.71. The van der Waals surface area contributed by atoms with Gasteiger partial charge in [0, 0.05) is 5.69 Å². The molecule has 0 aliphatic rings. The Morgan fingerprint density at radius 3 is 2.47 bits per heavy atom. The third-order valence-corrected chi connectivity index (χ3v) is 2.76. The topological polar surface area (TPSA) is 75.3 Å². The number of hydrogen-bond donors (Lipinski definition) is 3. The van der Waals surface area contributed by atoms with Gasteiger partial charge in [0.1, 0.15) is 0 Å². The number of anilines is 1. The van der Waals surface area contributed by atoms with Crippen LogP contribution in [0.25, 0.3) is 0 Å². The molecule has 1 unspecified atom stereocenters. The molecule has 0 saturated carbocycles. The first-order valence-corrected chi connectivity index (χ1v) is 5.79. The molecule has 4 nitrogen and oxygen atoms in total. The van der Waals surface area contributed by atoms with Crippen LogP contribution in [0.4, 0.5) is 5.69 Å². The molecule has 0 aromatic heterocycles. The smallest absolute Gasteiger partial charge is 0.234 e. The number of aliphatic hydroxyl groups is 1. The van der Waals surface area contributed by atoms with Gasteiger partial charge in [-0.1, -0.05) is 31.3 Å². The molecule has 17 heavy (non-hydrogen) atoms. The molecule has 0 aliphatic carbocycles. The van der Waals surface area contributed by atoms with Crippen LogP contribution in [0.15, 0.2) is 24.3 Å². The molecule has 5 heteroatoms. The van der Waals surface area contributed by atoms with Crippen LogP contribution < -0.4 is 11.1 Å². The Morgan fingerprint density at radius 1 is 1.47 bits per heavy atom. The van der Waals surface area contributed by atoms with E-state index in [1.165, 1.54) is 0 Å². The van der Waals surface area contributed by atoms with Crippen molar-refractivity contribution in [3.63, 3.8) is 0 Å². The zero-order valence-corrected chi connectivity index (χ0v) is 10.5. The quantitative estimate of drug-likeness (QED) is 0.693. The Labute approximate surface area is 106 Å². The molecule has 1 amide bonds. The van der Waals surface area contributed by atoms with E-state index in [1.54, 1.807) is 24.3 Å². The lowest BCUT2D eigenvalue weighted by Crippen LogP contribution is -2.32. The highest BCUT2D eigenvalue weighted by molar-refractivity contribution is 7.80. The molecule has 0 spiro atoms. The van der Waals surface area contributed by atoms with Gasteiger partial charge in [0.2, 0.25) is 5.91 Å². The first kappa shape index (κ1) is 13.6. The lowest BCUT2D eigenvalue weighted by molar-refractivity contribution is -0.118. The minimum Gasteiger partial charge on any atom is -0.393 e. The minimum atomic E-state index is -0.442. The monoisotopic (exact) mass is 252 g/mol. The zero-order chi connectivity index (χ0) is 12.8. The molecule has 92 valence electrons. The van der Waals surface area contributed by atoms with Gasteiger partial charge in [0.25, 0.3) is 0 Å². The van der Waals surface area contributed by atoms with Crippen molar-refractivity contribution in [1.29, 1.82) is 0 Å². The third-order valence-electron chi connectivity index (χ3n) is 2.47. The summed E-state index contributed by atoms with van der Waals surface area (Å²) < 4.78 is 0. The highest BCUT2D eigenvalue weighted by atomic mass is 32.1. The predicted octanol–water partition coefficient (Wildman–Crippen LogP) is 1.43. The van der Waals surface area contributed by atoms with Crippen molar-refractivity contribution in [2.24, 2.45) is 11.7 Å². The fourth-order valence-electron chi connectivity index (χ4n) is 1.44. The van der Waals surface area contributed by atoms with Gasteiger partial charge >= 0.3 is 0 Å². The number of hydrogen-bond acceptors (Lipinski definition) is 3. The molecule has 4 N–H and O–H groups in total. The summed E-state index contributed by atoms with van der Waals surface area (Å²) in [6.45, 7) is 1.84. The number of nitrogens with two attached hydrogens (primary N) is 1. The normalized spacial score (nSPS) is 11.9. The number of nitrogens with one attached hydrogen (secondary N) is 1. The number of benzene rings is 1. The summed E-state index contributed by atoms with van der Waals surface area (Å²) in [6.07, 6.45) is 0.579. The second kappa shape index (κ2) is 6.32. The first-order chi connectivity index (χ1) is 8.08. The molecular formula is C12H16N2O2S. The summed E-state index contributed by atoms with van der Waals surface area (Å²) in [5, 5.41) is 11.6. The maximum Gasteiger partial charge on any atom is 0.234 e. The number of amides is 1. The Balaban J connectivity index is 2.69. The highest BCUT2D eigenvalue weighted by Crippen LogP contribution is 2.12. The largest absolute Gasteiger partial charge is 0.393 e. The van der Waals surface area contributed by atoms with Gasteiger partial charge in [0.15, 0.2) is 0 Å². The van der Waals surface area contributed by atoms with E-state index >= 15 is 0 Å². The van der Waals surface area contributed by atoms with Gasteiger partial charge in [-0.25, -0.2) is 0 Å². The summed E-state index contributed by atoms with van der Waals surface area (Å²) in [7, 11) is 0. The van der Waals surface area contributed by atoms with Crippen molar-refractivity contribution in [2.75, 3.05) is 5.32 Å². The summed E-state index contributed by atoms with van der Waals surface area (Å²) in [5.74, 6) is -0.640. The second-order valence-corrected chi connectivity index (χ2v) is 4.18. The van der Waals surface area contributed by atoms with Crippen molar-refractivity contribution in [1.82, 2.24) is 0 Å². The summed E-state index contributed by atoms with van der Waals surface area (Å²) in [6, 6.07) is 6.96. The van der Waals surface area contributed by atoms with Crippen LogP contribution in [0.5, 0.6) is 0 Å². The van der Waals surface area contributed by atoms with E-state index in [4.69, 9.17) is 23.1 Å². The van der Waals surface area contributed by atoms with E-state index in [0.717, 1.165) is 5.56 Å². The lowest BCUT2D eigenvalue weighted by atomic mass is 10.1. The van der Waals surface area contributed by atoms with Crippen molar-refractivity contribution < 1.29 is 9.90 Å². The molecular weight excluding hydrogens is 236 g/mol. The molecule has 1 aromatic rings. The van der Waals surface area contributed by atoms with Crippen LogP contribution in [-0.4, -0.2) is 16.0 Å². The Morgan fingerprint density at radius 2 is 2.06 bits per heavy atom. The van der Waals surface area contributed by atoms with Crippen molar-refractivity contribution >= 4 is 28.8 Å². The van der Waals surface area contributed by atoms with Gasteiger partial charge in [-0.05, 0) is 24.1 Å². The van der Waals surface area contributed by atoms with Crippen LogP contribution in [0.1, 0.15) is 18.9 Å². The molecule has 0 bridgehead atoms. The van der Waals surface area contributed by atoms with Gasteiger partial charge in [0.05, 0.1) is 17.5 Å². The minimum absolute atomic E-state index is 0.0152. The Kier molecular flexibility index (Phi) is 5.06. The predicted molar refractivity (Wildman–Crippen MR) is 71.6 cm³/mol. The average Bonchev–Trinajstić information content (AvgIpc) is 2.30. The van der Waals surface area contributed by atoms with Crippen LogP contribution in [0.2, 0.25) is 0 Å². The van der Waals surface area contributed by atoms with Crippen LogP contribution >= 0.6 is 12.2 Å². The maximum atomic E-state index is 11.8. The second-order valence-electron chi connectivity index (χ2n) is 3.71. The average molecular weight is 252 g/mol. The van der Waals surface area contributed by atoms with Gasteiger partial charge in [-0.3, -0.25) is 4.79 Å². The summed E-state index contributed by atoms with van der Waals surface area (Å²) in [5.41, 5.74) is 6.95. The molecule has 0 saturated heterocycles. The lowest BCUT2D eigenvalue weighted by Gasteiger charge is -2.13. The number of carbonyl (C=O) groups is 1. The van der Waals surface area contributed by atoms with E-state index in [2.05, 4.69) is 5.32 Å². The number of thiocarbonyl (C=S) groups is 1. The number of aliphatic hydroxyl groups excluding tert-OH is 1. The molecule has 0 radical (unpaired) electrons. The standard InChI is InChI=1S/C12H16N2O2S/c1-2-10(11(13)17)12(16)14-9-5-3-8(7-15)4-6-9/h3-6,10,15H,2,7H2,1H3,(H2,13,17)(H,14,16). The fraction of sp³-hybridized carbons (Fsp3) is 0.333. The van der Waals surface area contributed by atoms with Crippen molar-refractivity contribution in [3.8, 4) is 0 Å². The van der Waals surface area contributed by atoms with Crippen LogP contribution in [0, 0.1) is 5.92 Å². The van der Waals surface area contributed by atoms with Gasteiger partial charge in [-0.2, -0.15) is 0 Å². The van der Waals surface area contributed by atoms with Gasteiger partial charge in [-0.15, -0.1) is 0 Å². The van der Waals surface area contributed by atoms with E-state index in [-0.39, 0.29) is 17.5 Å². The number of carbonyl (C=O) groups excluding carboxylic acids is 1. The van der Waals surface area contributed by atoms with E-state index in [1.807, 2.05) is 6.92 Å². The summed E-state index contributed by atoms with van der Waals surface area (Å²) >= 11 is 4.83. The molecule has 0 fully saturated rings. The van der Waals surface area contributed by atoms with Crippen molar-refractivity contribution in [3.05, 3.63) is 29.8 Å². The Bertz CT molecular complexity index is 403. The molecule has 1 aromatic carbocycles. The zero-order valence-electron chi connectivity index (χ0n) is 9.64. The van der Waals surface area contributed by atoms with Crippen molar-refractivity contribution in [2.45, 2.75) is 20.0 Å². The SMILES string of the molecule is CCC(C(=O)Nc1ccc(CO)cc1)C(N)=S. The Hall–Kier alpha value is -1.46. The highest BCUT2D eigenvalue weighted by Gasteiger charge is 2.18. The molecule has 0 heterocycles. The van der Waals surface area contributed by atoms with E-state index < -0.39 is 5.92 Å². The summed E-state index contributed by atoms with van der Waals surface area (Å²) in [4.78, 5) is 12.0. The number of rotatable bonds is 5. The first-order valence-electron chi connectivity index (χ1n) is 5.38. The van der Waals surface area contributed by atoms with Crippen LogP contribution in [-0.2, 0) is 11.4 Å². The van der Waals surface area contributed by atoms with E-state index in [0.29, 0.717) is 12.1 Å².